The maximum Gasteiger partial charge on any atom is 0.289 e. The van der Waals surface area contributed by atoms with E-state index in [0.717, 1.165) is 19.1 Å². The third-order valence-electron chi connectivity index (χ3n) is 4.61. The van der Waals surface area contributed by atoms with Gasteiger partial charge in [-0.1, -0.05) is 0 Å². The Morgan fingerprint density at radius 3 is 2.78 bits per heavy atom. The van der Waals surface area contributed by atoms with Gasteiger partial charge < -0.3 is 14.1 Å². The number of sulfonamides is 1. The van der Waals surface area contributed by atoms with Crippen LogP contribution in [0.15, 0.2) is 16.5 Å². The molecule has 2 fully saturated rings. The van der Waals surface area contributed by atoms with Crippen LogP contribution in [0.1, 0.15) is 29.2 Å². The fraction of sp³-hybridized carbons (Fsp3) is 0.667. The predicted molar refractivity (Wildman–Crippen MR) is 83.6 cm³/mol. The summed E-state index contributed by atoms with van der Waals surface area (Å²) >= 11 is 0. The molecule has 1 aromatic rings. The van der Waals surface area contributed by atoms with E-state index in [1.807, 2.05) is 0 Å². The molecule has 3 heterocycles. The zero-order valence-electron chi connectivity index (χ0n) is 13.4. The topological polar surface area (TPSA) is 88.9 Å². The van der Waals surface area contributed by atoms with E-state index in [1.165, 1.54) is 0 Å². The highest BCUT2D eigenvalue weighted by atomic mass is 32.2. The van der Waals surface area contributed by atoms with Gasteiger partial charge >= 0.3 is 0 Å². The number of nitrogens with one attached hydrogen (secondary N) is 1. The van der Waals surface area contributed by atoms with Gasteiger partial charge in [0.1, 0.15) is 11.4 Å². The van der Waals surface area contributed by atoms with Crippen molar-refractivity contribution in [2.75, 3.05) is 32.5 Å². The van der Waals surface area contributed by atoms with E-state index in [0.29, 0.717) is 37.8 Å². The molecule has 0 unspecified atom stereocenters. The van der Waals surface area contributed by atoms with E-state index in [4.69, 9.17) is 9.15 Å². The van der Waals surface area contributed by atoms with Crippen molar-refractivity contribution in [3.05, 3.63) is 23.7 Å². The van der Waals surface area contributed by atoms with E-state index in [1.54, 1.807) is 24.0 Å². The molecule has 1 atom stereocenters. The first-order chi connectivity index (χ1) is 10.8. The maximum atomic E-state index is 12.3. The van der Waals surface area contributed by atoms with Crippen LogP contribution in [0.3, 0.4) is 0 Å². The summed E-state index contributed by atoms with van der Waals surface area (Å²) in [5, 5.41) is 0. The van der Waals surface area contributed by atoms with E-state index in [-0.39, 0.29) is 17.4 Å². The third kappa shape index (κ3) is 3.44. The molecule has 1 amide bonds. The van der Waals surface area contributed by atoms with Crippen molar-refractivity contribution in [1.82, 2.24) is 9.62 Å². The number of likely N-dealkylation sites (tertiary alicyclic amines) is 1. The lowest BCUT2D eigenvalue weighted by molar-refractivity contribution is -0.118. The van der Waals surface area contributed by atoms with Crippen molar-refractivity contribution in [3.8, 4) is 0 Å². The molecule has 2 saturated heterocycles. The van der Waals surface area contributed by atoms with Gasteiger partial charge in [-0.05, 0) is 37.8 Å². The lowest BCUT2D eigenvalue weighted by atomic mass is 9.79. The number of carbonyl (C=O) groups excluding carboxylic acids is 1. The molecule has 23 heavy (non-hydrogen) atoms. The van der Waals surface area contributed by atoms with E-state index >= 15 is 0 Å². The van der Waals surface area contributed by atoms with Crippen LogP contribution in [0, 0.1) is 12.8 Å². The molecule has 1 spiro atoms. The van der Waals surface area contributed by atoms with Gasteiger partial charge in [0.25, 0.3) is 5.91 Å². The van der Waals surface area contributed by atoms with Gasteiger partial charge in [-0.2, -0.15) is 0 Å². The lowest BCUT2D eigenvalue weighted by Gasteiger charge is -2.50. The molecular formula is C15H22N2O5S. The number of hydrogen-bond donors (Lipinski definition) is 1. The summed E-state index contributed by atoms with van der Waals surface area (Å²) < 4.78 is 36.1. The number of nitrogens with zero attached hydrogens (tertiary/aromatic N) is 1. The van der Waals surface area contributed by atoms with Gasteiger partial charge in [0.2, 0.25) is 10.0 Å². The van der Waals surface area contributed by atoms with Gasteiger partial charge in [-0.3, -0.25) is 4.79 Å². The predicted octanol–water partition coefficient (Wildman–Crippen LogP) is 0.758. The summed E-state index contributed by atoms with van der Waals surface area (Å²) in [6.45, 7) is 3.94. The largest absolute Gasteiger partial charge is 0.456 e. The van der Waals surface area contributed by atoms with Crippen molar-refractivity contribution in [2.24, 2.45) is 5.92 Å². The Kier molecular flexibility index (Phi) is 4.24. The van der Waals surface area contributed by atoms with Crippen LogP contribution in [0.2, 0.25) is 0 Å². The molecule has 0 radical (unpaired) electrons. The van der Waals surface area contributed by atoms with Crippen LogP contribution in [0.25, 0.3) is 0 Å². The smallest absolute Gasteiger partial charge is 0.289 e. The molecule has 2 aliphatic heterocycles. The van der Waals surface area contributed by atoms with Crippen molar-refractivity contribution < 1.29 is 22.4 Å². The second-order valence-electron chi connectivity index (χ2n) is 6.43. The first-order valence-corrected chi connectivity index (χ1v) is 9.62. The lowest BCUT2D eigenvalue weighted by Crippen LogP contribution is -2.66. The van der Waals surface area contributed by atoms with Crippen molar-refractivity contribution in [3.63, 3.8) is 0 Å². The van der Waals surface area contributed by atoms with Gasteiger partial charge in [0.15, 0.2) is 5.76 Å². The Bertz CT molecular complexity index is 690. The molecule has 3 rings (SSSR count). The quantitative estimate of drug-likeness (QED) is 0.853. The molecule has 8 heteroatoms. The zero-order valence-corrected chi connectivity index (χ0v) is 14.2. The number of amides is 1. The standard InChI is InChI=1S/C15H22N2O5S/c1-11-3-4-13(22-11)14(18)17-9-15(10-17)12(6-8-21-15)5-7-16-23(2,19)20/h3-4,12,16H,5-10H2,1-2H3/t12-/m1/s1. The van der Waals surface area contributed by atoms with Crippen LogP contribution >= 0.6 is 0 Å². The highest BCUT2D eigenvalue weighted by Crippen LogP contribution is 2.42. The number of aryl methyl sites for hydroxylation is 1. The second kappa shape index (κ2) is 5.92. The second-order valence-corrected chi connectivity index (χ2v) is 8.26. The van der Waals surface area contributed by atoms with Gasteiger partial charge in [-0.25, -0.2) is 13.1 Å². The minimum absolute atomic E-state index is 0.118. The Hall–Kier alpha value is -1.38. The Balaban J connectivity index is 1.56. The zero-order chi connectivity index (χ0) is 16.7. The van der Waals surface area contributed by atoms with E-state index in [9.17, 15) is 13.2 Å². The number of ether oxygens (including phenoxy) is 1. The molecule has 0 aliphatic carbocycles. The van der Waals surface area contributed by atoms with Gasteiger partial charge in [0, 0.05) is 13.2 Å². The summed E-state index contributed by atoms with van der Waals surface area (Å²) in [7, 11) is -3.17. The highest BCUT2D eigenvalue weighted by molar-refractivity contribution is 7.88. The van der Waals surface area contributed by atoms with Crippen LogP contribution < -0.4 is 4.72 Å². The first kappa shape index (κ1) is 16.5. The minimum atomic E-state index is -3.17. The molecule has 128 valence electrons. The summed E-state index contributed by atoms with van der Waals surface area (Å²) in [6.07, 6.45) is 2.77. The monoisotopic (exact) mass is 342 g/mol. The Morgan fingerprint density at radius 2 is 2.17 bits per heavy atom. The number of carbonyl (C=O) groups is 1. The van der Waals surface area contributed by atoms with Gasteiger partial charge in [0.05, 0.1) is 19.3 Å². The third-order valence-corrected chi connectivity index (χ3v) is 5.34. The molecule has 2 aliphatic rings. The van der Waals surface area contributed by atoms with Crippen LogP contribution in [0.5, 0.6) is 0 Å². The fourth-order valence-electron chi connectivity index (χ4n) is 3.41. The number of furan rings is 1. The minimum Gasteiger partial charge on any atom is -0.456 e. The average Bonchev–Trinajstić information content (AvgIpc) is 3.01. The molecule has 0 saturated carbocycles. The normalized spacial score (nSPS) is 23.2. The summed E-state index contributed by atoms with van der Waals surface area (Å²) in [6, 6.07) is 3.46. The van der Waals surface area contributed by atoms with E-state index < -0.39 is 10.0 Å². The molecular weight excluding hydrogens is 320 g/mol. The molecule has 0 aromatic carbocycles. The SMILES string of the molecule is Cc1ccc(C(=O)N2CC3(C2)OCC[C@H]3CCNS(C)(=O)=O)o1. The van der Waals surface area contributed by atoms with Crippen LogP contribution in [-0.2, 0) is 14.8 Å². The number of hydrogen-bond acceptors (Lipinski definition) is 5. The van der Waals surface area contributed by atoms with Crippen molar-refractivity contribution >= 4 is 15.9 Å². The molecule has 0 bridgehead atoms. The van der Waals surface area contributed by atoms with Crippen LogP contribution in [0.4, 0.5) is 0 Å². The Morgan fingerprint density at radius 1 is 1.43 bits per heavy atom. The first-order valence-electron chi connectivity index (χ1n) is 7.73. The van der Waals surface area contributed by atoms with Crippen molar-refractivity contribution in [2.45, 2.75) is 25.4 Å². The summed E-state index contributed by atoms with van der Waals surface area (Å²) in [4.78, 5) is 14.0. The average molecular weight is 342 g/mol. The fourth-order valence-corrected chi connectivity index (χ4v) is 3.90. The maximum absolute atomic E-state index is 12.3. The Labute approximate surface area is 136 Å². The molecule has 7 nitrogen and oxygen atoms in total. The van der Waals surface area contributed by atoms with Crippen molar-refractivity contribution in [1.29, 1.82) is 0 Å². The number of rotatable bonds is 5. The van der Waals surface area contributed by atoms with Crippen LogP contribution in [-0.4, -0.2) is 57.3 Å². The van der Waals surface area contributed by atoms with E-state index in [2.05, 4.69) is 4.72 Å². The molecule has 1 N–H and O–H groups in total. The molecule has 1 aromatic heterocycles. The van der Waals surface area contributed by atoms with Gasteiger partial charge in [-0.15, -0.1) is 0 Å². The summed E-state index contributed by atoms with van der Waals surface area (Å²) in [5.41, 5.74) is -0.323. The highest BCUT2D eigenvalue weighted by Gasteiger charge is 2.54. The summed E-state index contributed by atoms with van der Waals surface area (Å²) in [5.74, 6) is 1.21.